The molecule has 6 aliphatic rings. The van der Waals surface area contributed by atoms with Crippen LogP contribution in [-0.4, -0.2) is 154 Å². The fraction of sp³-hybridized carbons (Fsp3) is 0.413. The lowest BCUT2D eigenvalue weighted by molar-refractivity contribution is -0.136. The van der Waals surface area contributed by atoms with Crippen LogP contribution < -0.4 is 20.3 Å². The van der Waals surface area contributed by atoms with E-state index in [0.29, 0.717) is 62.5 Å². The second-order valence-electron chi connectivity index (χ2n) is 24.2. The number of thioether (sulfide) groups is 1. The average molecular weight is 1270 g/mol. The Morgan fingerprint density at radius 1 is 0.782 bits per heavy atom. The Kier molecular flexibility index (Phi) is 17.9. The maximum atomic E-state index is 14.6. The fourth-order valence-corrected chi connectivity index (χ4v) is 16.2. The molecule has 0 saturated carbocycles. The van der Waals surface area contributed by atoms with Gasteiger partial charge in [-0.05, 0) is 146 Å². The smallest absolute Gasteiger partial charge is 0.380 e. The number of hydrogen-bond donors (Lipinski definition) is 3. The normalized spacial score (nSPS) is 21.7. The number of allylic oxidation sites excluding steroid dienone is 1. The monoisotopic (exact) mass is 1270 g/mol. The molecule has 11 rings (SSSR count). The minimum atomic E-state index is -6.17. The van der Waals surface area contributed by atoms with E-state index >= 15 is 0 Å². The minimum absolute atomic E-state index is 0.0107. The predicted octanol–water partition coefficient (Wildman–Crippen LogP) is 9.25. The van der Waals surface area contributed by atoms with Crippen molar-refractivity contribution in [2.24, 2.45) is 5.41 Å². The molecule has 5 aromatic rings. The zero-order valence-electron chi connectivity index (χ0n) is 48.2. The largest absolute Gasteiger partial charge is 0.501 e. The fourth-order valence-electron chi connectivity index (χ4n) is 13.1. The number of sulfonamides is 1. The van der Waals surface area contributed by atoms with Crippen LogP contribution in [0.4, 0.5) is 24.5 Å². The summed E-state index contributed by atoms with van der Waals surface area (Å²) in [5.41, 5.74) is -0.0884. The van der Waals surface area contributed by atoms with Crippen molar-refractivity contribution in [2.45, 2.75) is 116 Å². The molecule has 5 amide bonds. The Hall–Kier alpha value is -6.60. The van der Waals surface area contributed by atoms with Crippen molar-refractivity contribution in [3.63, 3.8) is 0 Å². The third-order valence-corrected chi connectivity index (χ3v) is 21.9. The number of carbonyl (C=O) groups excluding carboxylic acids is 5. The lowest BCUT2D eigenvalue weighted by Crippen LogP contribution is -2.54. The Labute approximate surface area is 514 Å². The summed E-state index contributed by atoms with van der Waals surface area (Å²) in [6.07, 6.45) is 5.25. The summed E-state index contributed by atoms with van der Waals surface area (Å²) in [4.78, 5) is 73.8. The van der Waals surface area contributed by atoms with Gasteiger partial charge in [0.1, 0.15) is 10.9 Å². The lowest BCUT2D eigenvalue weighted by Gasteiger charge is -2.41. The first-order chi connectivity index (χ1) is 41.4. The topological polar surface area (TPSA) is 206 Å². The molecule has 17 nitrogen and oxygen atoms in total. The first kappa shape index (κ1) is 62.0. The average Bonchev–Trinajstić information content (AvgIpc) is 1.99. The van der Waals surface area contributed by atoms with E-state index in [9.17, 15) is 54.0 Å². The van der Waals surface area contributed by atoms with E-state index < -0.39 is 82.5 Å². The highest BCUT2D eigenvalue weighted by Crippen LogP contribution is 2.44. The molecule has 3 N–H and O–H groups in total. The third-order valence-electron chi connectivity index (χ3n) is 17.6. The Balaban J connectivity index is 0.738. The van der Waals surface area contributed by atoms with Gasteiger partial charge >= 0.3 is 5.51 Å². The van der Waals surface area contributed by atoms with Crippen LogP contribution in [0, 0.1) is 5.41 Å². The quantitative estimate of drug-likeness (QED) is 0.0521. The van der Waals surface area contributed by atoms with E-state index in [4.69, 9.17) is 11.6 Å². The molecule has 5 aromatic carbocycles. The number of alkyl halides is 3. The van der Waals surface area contributed by atoms with Gasteiger partial charge in [-0.25, -0.2) is 21.6 Å². The Morgan fingerprint density at radius 3 is 2.15 bits per heavy atom. The van der Waals surface area contributed by atoms with Crippen molar-refractivity contribution in [3.05, 3.63) is 154 Å². The van der Waals surface area contributed by atoms with Crippen LogP contribution in [-0.2, 0) is 36.0 Å². The van der Waals surface area contributed by atoms with Crippen LogP contribution in [0.2, 0.25) is 5.02 Å². The van der Waals surface area contributed by atoms with E-state index in [1.54, 1.807) is 30.3 Å². The third kappa shape index (κ3) is 13.7. The summed E-state index contributed by atoms with van der Waals surface area (Å²) < 4.78 is 100. The molecule has 4 fully saturated rings. The van der Waals surface area contributed by atoms with Gasteiger partial charge in [0.2, 0.25) is 11.8 Å². The molecular weight excluding hydrogens is 1200 g/mol. The van der Waals surface area contributed by atoms with Crippen LogP contribution in [0.15, 0.2) is 136 Å². The summed E-state index contributed by atoms with van der Waals surface area (Å²) in [5.74, 6) is -3.08. The number of hydrogen-bond acceptors (Lipinski definition) is 15. The first-order valence-corrected chi connectivity index (χ1v) is 33.6. The number of carbonyl (C=O) groups is 5. The molecule has 24 heteroatoms. The number of imide groups is 2. The van der Waals surface area contributed by atoms with E-state index in [1.807, 2.05) is 47.2 Å². The van der Waals surface area contributed by atoms with Crippen molar-refractivity contribution < 1.29 is 54.0 Å². The van der Waals surface area contributed by atoms with Crippen molar-refractivity contribution in [2.75, 3.05) is 68.3 Å². The number of anilines is 2. The van der Waals surface area contributed by atoms with Crippen LogP contribution >= 0.6 is 23.4 Å². The molecular formula is C63H68ClF3N8O9S3. The van der Waals surface area contributed by atoms with Crippen LogP contribution in [0.25, 0.3) is 5.57 Å². The zero-order valence-corrected chi connectivity index (χ0v) is 51.4. The summed E-state index contributed by atoms with van der Waals surface area (Å²) in [5, 5.41) is 5.98. The molecule has 5 aliphatic heterocycles. The van der Waals surface area contributed by atoms with Gasteiger partial charge < -0.3 is 10.2 Å². The van der Waals surface area contributed by atoms with Crippen molar-refractivity contribution in [1.82, 2.24) is 29.6 Å². The molecule has 0 radical (unpaired) electrons. The second kappa shape index (κ2) is 25.1. The SMILES string of the molecule is CC1(C)CCC(c2ccc(Cl)cc2)=C(CN2CCN(c3ccc(C(=O)NS(=O)(=O)c4ccc(N[C@H](CCN5C6CCC5CN(Cc5ccc7c(c5)C(=O)N(C5CCC(=O)NC5=O)C7=O)C6)CSc5ccccc5)c(S(=O)(=O)C(F)(F)F)c4)cc3)CC2)C1. The van der Waals surface area contributed by atoms with E-state index in [2.05, 4.69) is 56.2 Å². The molecule has 3 unspecified atom stereocenters. The number of rotatable bonds is 19. The summed E-state index contributed by atoms with van der Waals surface area (Å²) >= 11 is 7.64. The van der Waals surface area contributed by atoms with Gasteiger partial charge in [0.05, 0.1) is 21.7 Å². The molecule has 2 bridgehead atoms. The standard InChI is InChI=1S/C63H68ClF3N8O9S3/c1-62(2)26-24-51(41-9-13-44(64)14-10-41)43(34-62)36-71-28-30-73(31-29-71)46-15-11-42(12-16-46)58(77)70-87(83,84)50-19-21-54(56(33-50)86(81,82)63(65,66)67)68-45(39-85-49-6-4-3-5-7-49)25-27-74-47-17-18-48(74)38-72(37-47)35-40-8-20-52-53(32-40)61(80)75(60(52)79)55-22-23-57(76)69-59(55)78/h3-16,19-21,32-33,45,47-48,55,68H,17-18,22-31,34-39H2,1-2H3,(H,70,77)(H,69,76,78)/t45-,47?,48?,55?/m1/s1. The first-order valence-electron chi connectivity index (χ1n) is 29.2. The van der Waals surface area contributed by atoms with Gasteiger partial charge in [0.25, 0.3) is 37.6 Å². The number of amides is 5. The van der Waals surface area contributed by atoms with Crippen LogP contribution in [0.1, 0.15) is 107 Å². The van der Waals surface area contributed by atoms with Crippen LogP contribution in [0.3, 0.4) is 0 Å². The number of halogens is 4. The maximum absolute atomic E-state index is 14.6. The van der Waals surface area contributed by atoms with Crippen LogP contribution in [0.5, 0.6) is 0 Å². The molecule has 0 aromatic heterocycles. The highest BCUT2D eigenvalue weighted by Gasteiger charge is 2.49. The summed E-state index contributed by atoms with van der Waals surface area (Å²) in [6.45, 7) is 10.7. The van der Waals surface area contributed by atoms with Gasteiger partial charge in [0, 0.05) is 110 Å². The second-order valence-corrected chi connectivity index (χ2v) is 29.3. The predicted molar refractivity (Wildman–Crippen MR) is 327 cm³/mol. The van der Waals surface area contributed by atoms with E-state index in [-0.39, 0.29) is 47.0 Å². The van der Waals surface area contributed by atoms with Crippen molar-refractivity contribution in [1.29, 1.82) is 0 Å². The summed E-state index contributed by atoms with van der Waals surface area (Å²) in [7, 11) is -11.1. The van der Waals surface area contributed by atoms with Gasteiger partial charge in [-0.15, -0.1) is 11.8 Å². The molecule has 87 heavy (non-hydrogen) atoms. The molecule has 4 saturated heterocycles. The van der Waals surface area contributed by atoms with Gasteiger partial charge in [-0.2, -0.15) is 13.2 Å². The highest BCUT2D eigenvalue weighted by molar-refractivity contribution is 7.99. The van der Waals surface area contributed by atoms with Crippen molar-refractivity contribution >= 4 is 89.7 Å². The number of sulfone groups is 1. The molecule has 460 valence electrons. The number of benzene rings is 5. The van der Waals surface area contributed by atoms with Gasteiger partial charge in [-0.1, -0.05) is 67.4 Å². The zero-order chi connectivity index (χ0) is 61.6. The van der Waals surface area contributed by atoms with Crippen molar-refractivity contribution in [3.8, 4) is 0 Å². The highest BCUT2D eigenvalue weighted by atomic mass is 35.5. The number of likely N-dealkylation sites (tertiary alicyclic amines) is 1. The molecule has 5 heterocycles. The Bertz CT molecular complexity index is 3740. The molecule has 4 atom stereocenters. The number of nitrogens with one attached hydrogen (secondary N) is 3. The number of nitrogens with zero attached hydrogens (tertiary/aromatic N) is 5. The number of fused-ring (bicyclic) bond motifs is 3. The number of piperazine rings is 2. The lowest BCUT2D eigenvalue weighted by atomic mass is 9.73. The molecule has 1 aliphatic carbocycles. The Morgan fingerprint density at radius 2 is 1.47 bits per heavy atom. The van der Waals surface area contributed by atoms with E-state index in [0.717, 1.165) is 84.9 Å². The van der Waals surface area contributed by atoms with Gasteiger partial charge in [0.15, 0.2) is 0 Å². The van der Waals surface area contributed by atoms with E-state index in [1.165, 1.54) is 40.6 Å². The maximum Gasteiger partial charge on any atom is 0.501 e. The number of piperidine rings is 1. The minimum Gasteiger partial charge on any atom is -0.380 e. The van der Waals surface area contributed by atoms with Gasteiger partial charge in [-0.3, -0.25) is 48.9 Å². The summed E-state index contributed by atoms with van der Waals surface area (Å²) in [6, 6.07) is 29.6. The molecule has 0 spiro atoms.